The second kappa shape index (κ2) is 8.84. The van der Waals surface area contributed by atoms with Gasteiger partial charge in [0.15, 0.2) is 0 Å². The molecule has 0 saturated carbocycles. The van der Waals surface area contributed by atoms with Crippen molar-refractivity contribution in [3.05, 3.63) is 0 Å². The van der Waals surface area contributed by atoms with Gasteiger partial charge in [-0.2, -0.15) is 17.0 Å². The van der Waals surface area contributed by atoms with Crippen LogP contribution in [-0.2, 0) is 9.59 Å². The minimum Gasteiger partial charge on any atom is -0.480 e. The van der Waals surface area contributed by atoms with Crippen LogP contribution < -0.4 is 5.73 Å². The number of hydrogen-bond acceptors (Lipinski definition) is 5. The monoisotopic (exact) mass is 259 g/mol. The molecule has 0 heterocycles. The molecule has 0 spiro atoms. The molecule has 0 aromatic carbocycles. The Labute approximate surface area is 105 Å². The number of hydrogen-bond donors (Lipinski definition) is 2. The average Bonchev–Trinajstić information content (AvgIpc) is 2.30. The quantitative estimate of drug-likeness (QED) is 0.589. The topological polar surface area (TPSA) is 107 Å². The molecular formula is C10H17N3O3S. The van der Waals surface area contributed by atoms with E-state index in [-0.39, 0.29) is 11.7 Å². The van der Waals surface area contributed by atoms with E-state index in [2.05, 4.69) is 0 Å². The van der Waals surface area contributed by atoms with Crippen LogP contribution in [0.25, 0.3) is 0 Å². The van der Waals surface area contributed by atoms with Crippen molar-refractivity contribution < 1.29 is 14.7 Å². The van der Waals surface area contributed by atoms with Crippen LogP contribution in [0.2, 0.25) is 0 Å². The van der Waals surface area contributed by atoms with Crippen molar-refractivity contribution in [2.45, 2.75) is 18.9 Å². The number of carbonyl (C=O) groups excluding carboxylic acids is 1. The van der Waals surface area contributed by atoms with Crippen molar-refractivity contribution in [3.63, 3.8) is 0 Å². The lowest BCUT2D eigenvalue weighted by molar-refractivity contribution is -0.138. The summed E-state index contributed by atoms with van der Waals surface area (Å²) in [6, 6.07) is 1.10. The Morgan fingerprint density at radius 1 is 1.59 bits per heavy atom. The summed E-state index contributed by atoms with van der Waals surface area (Å²) >= 11 is 1.35. The number of carbonyl (C=O) groups is 2. The SMILES string of the molecule is CN(CCC#N)C(=O)CSCCC(N)C(=O)O. The van der Waals surface area contributed by atoms with Crippen molar-refractivity contribution in [2.75, 3.05) is 25.1 Å². The fourth-order valence-electron chi connectivity index (χ4n) is 0.946. The van der Waals surface area contributed by atoms with Crippen LogP contribution in [0.4, 0.5) is 0 Å². The van der Waals surface area contributed by atoms with Crippen LogP contribution in [0.3, 0.4) is 0 Å². The summed E-state index contributed by atoms with van der Waals surface area (Å²) in [5.41, 5.74) is 5.31. The van der Waals surface area contributed by atoms with Gasteiger partial charge in [0.05, 0.1) is 18.2 Å². The predicted molar refractivity (Wildman–Crippen MR) is 65.4 cm³/mol. The predicted octanol–water partition coefficient (Wildman–Crippen LogP) is -0.106. The first-order valence-electron chi connectivity index (χ1n) is 5.16. The number of nitrogens with two attached hydrogens (primary N) is 1. The lowest BCUT2D eigenvalue weighted by atomic mass is 10.2. The maximum atomic E-state index is 11.5. The lowest BCUT2D eigenvalue weighted by Crippen LogP contribution is -2.31. The zero-order valence-electron chi connectivity index (χ0n) is 9.76. The largest absolute Gasteiger partial charge is 0.480 e. The number of carboxylic acid groups (broad SMARTS) is 1. The number of amides is 1. The second-order valence-electron chi connectivity index (χ2n) is 3.51. The fourth-order valence-corrected chi connectivity index (χ4v) is 1.91. The Kier molecular flexibility index (Phi) is 8.19. The van der Waals surface area contributed by atoms with Crippen LogP contribution in [-0.4, -0.2) is 53.0 Å². The third-order valence-corrected chi connectivity index (χ3v) is 3.08. The van der Waals surface area contributed by atoms with E-state index in [0.29, 0.717) is 25.1 Å². The summed E-state index contributed by atoms with van der Waals surface area (Å²) in [7, 11) is 1.64. The highest BCUT2D eigenvalue weighted by molar-refractivity contribution is 7.99. The van der Waals surface area contributed by atoms with E-state index < -0.39 is 12.0 Å². The Bertz CT molecular complexity index is 304. The van der Waals surface area contributed by atoms with Gasteiger partial charge in [0, 0.05) is 13.6 Å². The van der Waals surface area contributed by atoms with Crippen molar-refractivity contribution in [3.8, 4) is 6.07 Å². The Morgan fingerprint density at radius 2 is 2.24 bits per heavy atom. The molecule has 1 unspecified atom stereocenters. The van der Waals surface area contributed by atoms with Crippen molar-refractivity contribution in [2.24, 2.45) is 5.73 Å². The van der Waals surface area contributed by atoms with Gasteiger partial charge in [-0.25, -0.2) is 0 Å². The highest BCUT2D eigenvalue weighted by Crippen LogP contribution is 2.05. The smallest absolute Gasteiger partial charge is 0.320 e. The van der Waals surface area contributed by atoms with Gasteiger partial charge in [-0.1, -0.05) is 0 Å². The molecule has 0 aromatic heterocycles. The molecule has 6 nitrogen and oxygen atoms in total. The summed E-state index contributed by atoms with van der Waals surface area (Å²) in [6.07, 6.45) is 0.659. The molecule has 0 aliphatic rings. The number of carboxylic acids is 1. The minimum atomic E-state index is -1.02. The van der Waals surface area contributed by atoms with Crippen LogP contribution >= 0.6 is 11.8 Å². The highest BCUT2D eigenvalue weighted by atomic mass is 32.2. The molecule has 0 aliphatic heterocycles. The molecule has 0 rings (SSSR count). The summed E-state index contributed by atoms with van der Waals surface area (Å²) in [6.45, 7) is 0.421. The second-order valence-corrected chi connectivity index (χ2v) is 4.61. The van der Waals surface area contributed by atoms with Gasteiger partial charge in [-0.05, 0) is 12.2 Å². The molecule has 0 aromatic rings. The van der Waals surface area contributed by atoms with Crippen LogP contribution in [0.1, 0.15) is 12.8 Å². The zero-order chi connectivity index (χ0) is 13.3. The van der Waals surface area contributed by atoms with E-state index >= 15 is 0 Å². The van der Waals surface area contributed by atoms with E-state index in [1.54, 1.807) is 7.05 Å². The first-order valence-corrected chi connectivity index (χ1v) is 6.31. The molecule has 0 saturated heterocycles. The summed E-state index contributed by atoms with van der Waals surface area (Å²) in [5.74, 6) is -0.267. The molecule has 3 N–H and O–H groups in total. The van der Waals surface area contributed by atoms with E-state index in [1.165, 1.54) is 16.7 Å². The average molecular weight is 259 g/mol. The van der Waals surface area contributed by atoms with E-state index in [9.17, 15) is 9.59 Å². The summed E-state index contributed by atoms with van der Waals surface area (Å²) < 4.78 is 0. The van der Waals surface area contributed by atoms with Crippen LogP contribution in [0.5, 0.6) is 0 Å². The summed E-state index contributed by atoms with van der Waals surface area (Å²) in [4.78, 5) is 23.4. The molecule has 96 valence electrons. The molecule has 7 heteroatoms. The zero-order valence-corrected chi connectivity index (χ0v) is 10.6. The Hall–Kier alpha value is -1.26. The fraction of sp³-hybridized carbons (Fsp3) is 0.700. The Morgan fingerprint density at radius 3 is 2.76 bits per heavy atom. The van der Waals surface area contributed by atoms with E-state index in [4.69, 9.17) is 16.1 Å². The van der Waals surface area contributed by atoms with E-state index in [0.717, 1.165) is 0 Å². The van der Waals surface area contributed by atoms with Gasteiger partial charge < -0.3 is 15.7 Å². The molecule has 1 amide bonds. The highest BCUT2D eigenvalue weighted by Gasteiger charge is 2.12. The Balaban J connectivity index is 3.64. The number of rotatable bonds is 8. The third-order valence-electron chi connectivity index (χ3n) is 2.10. The minimum absolute atomic E-state index is 0.0610. The number of nitrogens with zero attached hydrogens (tertiary/aromatic N) is 2. The van der Waals surface area contributed by atoms with Gasteiger partial charge in [0.2, 0.25) is 5.91 Å². The van der Waals surface area contributed by atoms with Gasteiger partial charge in [-0.15, -0.1) is 0 Å². The van der Waals surface area contributed by atoms with Gasteiger partial charge in [-0.3, -0.25) is 9.59 Å². The number of aliphatic carboxylic acids is 1. The first-order chi connectivity index (χ1) is 7.99. The molecule has 0 radical (unpaired) electrons. The van der Waals surface area contributed by atoms with Crippen molar-refractivity contribution in [1.82, 2.24) is 4.90 Å². The van der Waals surface area contributed by atoms with Crippen molar-refractivity contribution >= 4 is 23.6 Å². The molecule has 17 heavy (non-hydrogen) atoms. The molecule has 0 aliphatic carbocycles. The van der Waals surface area contributed by atoms with Crippen LogP contribution in [0, 0.1) is 11.3 Å². The lowest BCUT2D eigenvalue weighted by Gasteiger charge is -2.15. The maximum Gasteiger partial charge on any atom is 0.320 e. The molecule has 0 bridgehead atoms. The molecule has 1 atom stereocenters. The molecule has 0 fully saturated rings. The van der Waals surface area contributed by atoms with Gasteiger partial charge in [0.1, 0.15) is 6.04 Å². The van der Waals surface area contributed by atoms with Crippen molar-refractivity contribution in [1.29, 1.82) is 5.26 Å². The molecular weight excluding hydrogens is 242 g/mol. The normalized spacial score (nSPS) is 11.6. The van der Waals surface area contributed by atoms with Gasteiger partial charge in [0.25, 0.3) is 0 Å². The van der Waals surface area contributed by atoms with E-state index in [1.807, 2.05) is 6.07 Å². The standard InChI is InChI=1S/C10H17N3O3S/c1-13(5-2-4-11)9(14)7-17-6-3-8(12)10(15)16/h8H,2-3,5-7,12H2,1H3,(H,15,16). The van der Waals surface area contributed by atoms with Crippen LogP contribution in [0.15, 0.2) is 0 Å². The first kappa shape index (κ1) is 15.7. The number of thioether (sulfide) groups is 1. The third kappa shape index (κ3) is 7.60. The van der Waals surface area contributed by atoms with Gasteiger partial charge >= 0.3 is 5.97 Å². The summed E-state index contributed by atoms with van der Waals surface area (Å²) in [5, 5.41) is 16.9. The maximum absolute atomic E-state index is 11.5. The number of nitriles is 1.